The molecular formula is C21H16F3N3. The summed E-state index contributed by atoms with van der Waals surface area (Å²) >= 11 is 0. The second-order valence-corrected chi connectivity index (χ2v) is 6.44. The lowest BCUT2D eigenvalue weighted by Gasteiger charge is -2.09. The number of hydrogen-bond donors (Lipinski definition) is 0. The van der Waals surface area contributed by atoms with Gasteiger partial charge in [-0.05, 0) is 44.2 Å². The molecule has 0 bridgehead atoms. The molecular weight excluding hydrogens is 351 g/mol. The van der Waals surface area contributed by atoms with E-state index in [2.05, 4.69) is 10.1 Å². The first kappa shape index (κ1) is 17.3. The van der Waals surface area contributed by atoms with Gasteiger partial charge in [0.2, 0.25) is 0 Å². The first-order valence-electron chi connectivity index (χ1n) is 8.45. The zero-order valence-corrected chi connectivity index (χ0v) is 14.7. The SMILES string of the molecule is Cc1ccc(-c2cc(C(F)F)c3c(C)nn(-c4ccc(F)cc4)c3n2)cc1. The molecule has 0 N–H and O–H groups in total. The molecule has 0 radical (unpaired) electrons. The van der Waals surface area contributed by atoms with E-state index in [1.807, 2.05) is 31.2 Å². The Morgan fingerprint density at radius 3 is 2.22 bits per heavy atom. The zero-order valence-electron chi connectivity index (χ0n) is 14.7. The molecule has 0 spiro atoms. The van der Waals surface area contributed by atoms with Crippen molar-refractivity contribution >= 4 is 11.0 Å². The fourth-order valence-corrected chi connectivity index (χ4v) is 3.13. The Morgan fingerprint density at radius 1 is 0.926 bits per heavy atom. The van der Waals surface area contributed by atoms with E-state index in [9.17, 15) is 13.2 Å². The van der Waals surface area contributed by atoms with Crippen LogP contribution in [-0.4, -0.2) is 14.8 Å². The lowest BCUT2D eigenvalue weighted by molar-refractivity contribution is 0.153. The largest absolute Gasteiger partial charge is 0.264 e. The number of halogens is 3. The zero-order chi connectivity index (χ0) is 19.1. The van der Waals surface area contributed by atoms with Gasteiger partial charge in [-0.25, -0.2) is 22.8 Å². The van der Waals surface area contributed by atoms with E-state index >= 15 is 0 Å². The maximum absolute atomic E-state index is 13.8. The van der Waals surface area contributed by atoms with Crippen LogP contribution in [0.4, 0.5) is 13.2 Å². The van der Waals surface area contributed by atoms with Crippen LogP contribution in [0.25, 0.3) is 28.0 Å². The van der Waals surface area contributed by atoms with Gasteiger partial charge in [0.1, 0.15) is 5.82 Å². The Bertz CT molecular complexity index is 1110. The number of pyridine rings is 1. The van der Waals surface area contributed by atoms with Crippen LogP contribution in [-0.2, 0) is 0 Å². The Hall–Kier alpha value is -3.15. The monoisotopic (exact) mass is 367 g/mol. The number of alkyl halides is 2. The molecule has 0 saturated carbocycles. The number of fused-ring (bicyclic) bond motifs is 1. The molecule has 0 saturated heterocycles. The predicted octanol–water partition coefficient (Wildman–Crippen LogP) is 5.78. The standard InChI is InChI=1S/C21H16F3N3/c1-12-3-5-14(6-4-12)18-11-17(20(23)24)19-13(2)26-27(21(19)25-18)16-9-7-15(22)8-10-16/h3-11,20H,1-2H3. The molecule has 6 heteroatoms. The molecule has 2 aromatic carbocycles. The van der Waals surface area contributed by atoms with Gasteiger partial charge < -0.3 is 0 Å². The van der Waals surface area contributed by atoms with Crippen LogP contribution < -0.4 is 0 Å². The van der Waals surface area contributed by atoms with Crippen LogP contribution in [0.5, 0.6) is 0 Å². The summed E-state index contributed by atoms with van der Waals surface area (Å²) in [7, 11) is 0. The fraction of sp³-hybridized carbons (Fsp3) is 0.143. The average molecular weight is 367 g/mol. The minimum atomic E-state index is -2.66. The average Bonchev–Trinajstić information content (AvgIpc) is 2.99. The summed E-state index contributed by atoms with van der Waals surface area (Å²) in [6.45, 7) is 3.62. The van der Waals surface area contributed by atoms with E-state index in [0.29, 0.717) is 28.1 Å². The summed E-state index contributed by atoms with van der Waals surface area (Å²) in [6.07, 6.45) is -2.66. The first-order chi connectivity index (χ1) is 12.9. The van der Waals surface area contributed by atoms with Gasteiger partial charge in [0.15, 0.2) is 5.65 Å². The van der Waals surface area contributed by atoms with Crippen molar-refractivity contribution in [3.63, 3.8) is 0 Å². The minimum Gasteiger partial charge on any atom is -0.228 e. The van der Waals surface area contributed by atoms with Gasteiger partial charge in [-0.15, -0.1) is 0 Å². The molecule has 0 unspecified atom stereocenters. The molecule has 136 valence electrons. The molecule has 4 rings (SSSR count). The summed E-state index contributed by atoms with van der Waals surface area (Å²) in [5.41, 5.74) is 3.49. The second kappa shape index (κ2) is 6.54. The quantitative estimate of drug-likeness (QED) is 0.459. The Labute approximate surface area is 154 Å². The van der Waals surface area contributed by atoms with Gasteiger partial charge in [0.05, 0.1) is 22.5 Å². The van der Waals surface area contributed by atoms with Crippen molar-refractivity contribution in [3.8, 4) is 16.9 Å². The van der Waals surface area contributed by atoms with Crippen LogP contribution in [0.1, 0.15) is 23.2 Å². The van der Waals surface area contributed by atoms with Crippen LogP contribution in [0.3, 0.4) is 0 Å². The molecule has 2 aromatic heterocycles. The highest BCUT2D eigenvalue weighted by Gasteiger charge is 2.21. The van der Waals surface area contributed by atoms with Gasteiger partial charge in [-0.3, -0.25) is 0 Å². The second-order valence-electron chi connectivity index (χ2n) is 6.44. The molecule has 3 nitrogen and oxygen atoms in total. The summed E-state index contributed by atoms with van der Waals surface area (Å²) in [6, 6.07) is 14.6. The van der Waals surface area contributed by atoms with E-state index < -0.39 is 6.43 Å². The Morgan fingerprint density at radius 2 is 1.59 bits per heavy atom. The normalized spacial score (nSPS) is 11.5. The topological polar surface area (TPSA) is 30.7 Å². The summed E-state index contributed by atoms with van der Waals surface area (Å²) in [5.74, 6) is -0.381. The van der Waals surface area contributed by atoms with Crippen LogP contribution in [0.2, 0.25) is 0 Å². The van der Waals surface area contributed by atoms with Crippen molar-refractivity contribution in [2.75, 3.05) is 0 Å². The van der Waals surface area contributed by atoms with Gasteiger partial charge in [-0.1, -0.05) is 29.8 Å². The minimum absolute atomic E-state index is 0.110. The number of nitrogens with zero attached hydrogens (tertiary/aromatic N) is 3. The van der Waals surface area contributed by atoms with Crippen molar-refractivity contribution in [1.82, 2.24) is 14.8 Å². The highest BCUT2D eigenvalue weighted by atomic mass is 19.3. The van der Waals surface area contributed by atoms with Crippen molar-refractivity contribution in [1.29, 1.82) is 0 Å². The molecule has 0 atom stereocenters. The van der Waals surface area contributed by atoms with Gasteiger partial charge in [0.25, 0.3) is 6.43 Å². The molecule has 0 aliphatic carbocycles. The molecule has 0 aliphatic rings. The lowest BCUT2D eigenvalue weighted by Crippen LogP contribution is -2.00. The van der Waals surface area contributed by atoms with Crippen LogP contribution in [0.15, 0.2) is 54.6 Å². The highest BCUT2D eigenvalue weighted by Crippen LogP contribution is 2.34. The predicted molar refractivity (Wildman–Crippen MR) is 98.7 cm³/mol. The van der Waals surface area contributed by atoms with E-state index in [1.165, 1.54) is 22.9 Å². The molecule has 27 heavy (non-hydrogen) atoms. The molecule has 0 fully saturated rings. The Balaban J connectivity index is 2.01. The third-order valence-electron chi connectivity index (χ3n) is 4.50. The van der Waals surface area contributed by atoms with Crippen molar-refractivity contribution in [2.45, 2.75) is 20.3 Å². The van der Waals surface area contributed by atoms with Crippen LogP contribution >= 0.6 is 0 Å². The number of rotatable bonds is 3. The third-order valence-corrected chi connectivity index (χ3v) is 4.50. The number of hydrogen-bond acceptors (Lipinski definition) is 2. The summed E-state index contributed by atoms with van der Waals surface area (Å²) in [5, 5.41) is 4.70. The number of aromatic nitrogens is 3. The number of aryl methyl sites for hydroxylation is 2. The smallest absolute Gasteiger partial charge is 0.228 e. The molecule has 0 amide bonds. The molecule has 4 aromatic rings. The highest BCUT2D eigenvalue weighted by molar-refractivity contribution is 5.86. The van der Waals surface area contributed by atoms with Crippen LogP contribution in [0, 0.1) is 19.7 Å². The first-order valence-corrected chi connectivity index (χ1v) is 8.45. The maximum Gasteiger partial charge on any atom is 0.264 e. The van der Waals surface area contributed by atoms with Gasteiger partial charge >= 0.3 is 0 Å². The van der Waals surface area contributed by atoms with Crippen molar-refractivity contribution in [2.24, 2.45) is 0 Å². The van der Waals surface area contributed by atoms with Crippen molar-refractivity contribution < 1.29 is 13.2 Å². The van der Waals surface area contributed by atoms with E-state index in [-0.39, 0.29) is 11.4 Å². The van der Waals surface area contributed by atoms with Crippen molar-refractivity contribution in [3.05, 3.63) is 77.2 Å². The third kappa shape index (κ3) is 3.07. The van der Waals surface area contributed by atoms with E-state index in [0.717, 1.165) is 11.1 Å². The van der Waals surface area contributed by atoms with Gasteiger partial charge in [-0.2, -0.15) is 5.10 Å². The van der Waals surface area contributed by atoms with E-state index in [4.69, 9.17) is 0 Å². The fourth-order valence-electron chi connectivity index (χ4n) is 3.13. The number of benzene rings is 2. The summed E-state index contributed by atoms with van der Waals surface area (Å²) < 4.78 is 42.3. The summed E-state index contributed by atoms with van der Waals surface area (Å²) in [4.78, 5) is 4.61. The molecule has 0 aliphatic heterocycles. The Kier molecular flexibility index (Phi) is 4.18. The lowest BCUT2D eigenvalue weighted by atomic mass is 10.0. The van der Waals surface area contributed by atoms with Gasteiger partial charge in [0, 0.05) is 11.1 Å². The molecule has 2 heterocycles. The van der Waals surface area contributed by atoms with E-state index in [1.54, 1.807) is 19.1 Å². The maximum atomic E-state index is 13.8.